The van der Waals surface area contributed by atoms with E-state index in [4.69, 9.17) is 4.74 Å². The van der Waals surface area contributed by atoms with Gasteiger partial charge < -0.3 is 20.3 Å². The van der Waals surface area contributed by atoms with Gasteiger partial charge in [-0.3, -0.25) is 0 Å². The van der Waals surface area contributed by atoms with Crippen LogP contribution >= 0.6 is 0 Å². The summed E-state index contributed by atoms with van der Waals surface area (Å²) < 4.78 is 5.84. The number of rotatable bonds is 10. The Balaban J connectivity index is 1.55. The monoisotopic (exact) mass is 391 g/mol. The normalized spacial score (nSPS) is 10.8. The molecule has 0 radical (unpaired) electrons. The van der Waals surface area contributed by atoms with E-state index in [2.05, 4.69) is 51.7 Å². The van der Waals surface area contributed by atoms with E-state index in [1.807, 2.05) is 55.5 Å². The Morgan fingerprint density at radius 1 is 0.966 bits per heavy atom. The lowest BCUT2D eigenvalue weighted by Gasteiger charge is -2.12. The summed E-state index contributed by atoms with van der Waals surface area (Å²) in [6.07, 6.45) is 1.04. The molecule has 2 aromatic carbocycles. The molecule has 0 spiro atoms. The number of hydrogen-bond acceptors (Lipinski definition) is 6. The molecule has 0 saturated heterocycles. The molecule has 0 bridgehead atoms. The molecular formula is C23H29N5O. The fourth-order valence-corrected chi connectivity index (χ4v) is 2.83. The number of hydrogen-bond donors (Lipinski definition) is 2. The van der Waals surface area contributed by atoms with Crippen LogP contribution in [-0.4, -0.2) is 42.1 Å². The molecule has 0 saturated carbocycles. The van der Waals surface area contributed by atoms with Crippen LogP contribution in [0.4, 0.5) is 17.5 Å². The molecule has 6 nitrogen and oxygen atoms in total. The molecule has 0 amide bonds. The number of ether oxygens (including phenoxy) is 1. The summed E-state index contributed by atoms with van der Waals surface area (Å²) in [6.45, 7) is 4.40. The summed E-state index contributed by atoms with van der Waals surface area (Å²) in [5.74, 6) is 2.25. The summed E-state index contributed by atoms with van der Waals surface area (Å²) in [4.78, 5) is 11.2. The van der Waals surface area contributed by atoms with Crippen LogP contribution < -0.4 is 15.4 Å². The molecular weight excluding hydrogens is 362 g/mol. The Labute approximate surface area is 173 Å². The van der Waals surface area contributed by atoms with Crippen LogP contribution in [0.1, 0.15) is 17.7 Å². The SMILES string of the molecule is Cc1cc(Nc2ccc(OCc3ccccc3)cc2)nc(NCCCN(C)C)n1. The molecule has 0 aliphatic heterocycles. The fraction of sp³-hybridized carbons (Fsp3) is 0.304. The van der Waals surface area contributed by atoms with Crippen LogP contribution in [0, 0.1) is 6.92 Å². The zero-order valence-corrected chi connectivity index (χ0v) is 17.4. The maximum atomic E-state index is 5.84. The Morgan fingerprint density at radius 3 is 2.45 bits per heavy atom. The van der Waals surface area contributed by atoms with Crippen LogP contribution in [-0.2, 0) is 6.61 Å². The molecule has 6 heteroatoms. The second kappa shape index (κ2) is 10.4. The van der Waals surface area contributed by atoms with Crippen molar-refractivity contribution in [3.8, 4) is 5.75 Å². The number of aromatic nitrogens is 2. The van der Waals surface area contributed by atoms with Crippen LogP contribution in [0.2, 0.25) is 0 Å². The minimum atomic E-state index is 0.557. The summed E-state index contributed by atoms with van der Waals surface area (Å²) in [6, 6.07) is 20.0. The van der Waals surface area contributed by atoms with E-state index in [1.54, 1.807) is 0 Å². The van der Waals surface area contributed by atoms with Gasteiger partial charge in [-0.1, -0.05) is 30.3 Å². The third kappa shape index (κ3) is 7.08. The second-order valence-corrected chi connectivity index (χ2v) is 7.23. The number of nitrogens with one attached hydrogen (secondary N) is 2. The second-order valence-electron chi connectivity index (χ2n) is 7.23. The molecule has 3 aromatic rings. The zero-order valence-electron chi connectivity index (χ0n) is 17.4. The Morgan fingerprint density at radius 2 is 1.72 bits per heavy atom. The van der Waals surface area contributed by atoms with E-state index >= 15 is 0 Å². The highest BCUT2D eigenvalue weighted by molar-refractivity contribution is 5.58. The highest BCUT2D eigenvalue weighted by Crippen LogP contribution is 2.21. The van der Waals surface area contributed by atoms with Gasteiger partial charge in [0.25, 0.3) is 0 Å². The minimum absolute atomic E-state index is 0.557. The molecule has 1 heterocycles. The molecule has 0 aliphatic rings. The lowest BCUT2D eigenvalue weighted by molar-refractivity contribution is 0.306. The maximum Gasteiger partial charge on any atom is 0.224 e. The molecule has 29 heavy (non-hydrogen) atoms. The Kier molecular flexibility index (Phi) is 7.41. The average Bonchev–Trinajstić information content (AvgIpc) is 2.71. The number of nitrogens with zero attached hydrogens (tertiary/aromatic N) is 3. The first-order valence-corrected chi connectivity index (χ1v) is 9.86. The van der Waals surface area contributed by atoms with Crippen molar-refractivity contribution in [2.24, 2.45) is 0 Å². The molecule has 0 atom stereocenters. The minimum Gasteiger partial charge on any atom is -0.489 e. The molecule has 2 N–H and O–H groups in total. The van der Waals surface area contributed by atoms with Gasteiger partial charge in [-0.25, -0.2) is 4.98 Å². The van der Waals surface area contributed by atoms with Crippen LogP contribution in [0.25, 0.3) is 0 Å². The van der Waals surface area contributed by atoms with E-state index in [-0.39, 0.29) is 0 Å². The molecule has 0 unspecified atom stereocenters. The highest BCUT2D eigenvalue weighted by atomic mass is 16.5. The van der Waals surface area contributed by atoms with E-state index in [0.29, 0.717) is 12.6 Å². The number of benzene rings is 2. The van der Waals surface area contributed by atoms with Crippen LogP contribution in [0.15, 0.2) is 60.7 Å². The van der Waals surface area contributed by atoms with Gasteiger partial charge in [-0.05, 0) is 63.8 Å². The van der Waals surface area contributed by atoms with E-state index < -0.39 is 0 Å². The summed E-state index contributed by atoms with van der Waals surface area (Å²) in [7, 11) is 4.15. The standard InChI is InChI=1S/C23H29N5O/c1-18-16-22(27-23(25-18)24-14-7-15-28(2)3)26-20-10-12-21(13-11-20)29-17-19-8-5-4-6-9-19/h4-6,8-13,16H,7,14-15,17H2,1-3H3,(H2,24,25,26,27). The third-order valence-corrected chi connectivity index (χ3v) is 4.29. The summed E-state index contributed by atoms with van der Waals surface area (Å²) in [5.41, 5.74) is 3.02. The van der Waals surface area contributed by atoms with Crippen molar-refractivity contribution in [1.29, 1.82) is 0 Å². The van der Waals surface area contributed by atoms with Gasteiger partial charge in [0.2, 0.25) is 5.95 Å². The van der Waals surface area contributed by atoms with Crippen molar-refractivity contribution < 1.29 is 4.74 Å². The van der Waals surface area contributed by atoms with E-state index in [0.717, 1.165) is 48.0 Å². The number of aryl methyl sites for hydroxylation is 1. The lowest BCUT2D eigenvalue weighted by atomic mass is 10.2. The molecule has 3 rings (SSSR count). The predicted molar refractivity (Wildman–Crippen MR) is 119 cm³/mol. The van der Waals surface area contributed by atoms with Gasteiger partial charge in [-0.15, -0.1) is 0 Å². The highest BCUT2D eigenvalue weighted by Gasteiger charge is 2.04. The van der Waals surface area contributed by atoms with Crippen molar-refractivity contribution in [3.63, 3.8) is 0 Å². The molecule has 0 fully saturated rings. The number of anilines is 3. The Hall–Kier alpha value is -3.12. The third-order valence-electron chi connectivity index (χ3n) is 4.29. The molecule has 1 aromatic heterocycles. The van der Waals surface area contributed by atoms with Crippen molar-refractivity contribution in [1.82, 2.24) is 14.9 Å². The lowest BCUT2D eigenvalue weighted by Crippen LogP contribution is -2.17. The van der Waals surface area contributed by atoms with Gasteiger partial charge in [-0.2, -0.15) is 4.98 Å². The van der Waals surface area contributed by atoms with Crippen molar-refractivity contribution in [2.75, 3.05) is 37.8 Å². The maximum absolute atomic E-state index is 5.84. The van der Waals surface area contributed by atoms with Crippen LogP contribution in [0.5, 0.6) is 5.75 Å². The topological polar surface area (TPSA) is 62.3 Å². The first kappa shape index (κ1) is 20.6. The Bertz CT molecular complexity index is 882. The zero-order chi connectivity index (χ0) is 20.5. The van der Waals surface area contributed by atoms with Gasteiger partial charge >= 0.3 is 0 Å². The first-order valence-electron chi connectivity index (χ1n) is 9.86. The first-order chi connectivity index (χ1) is 14.1. The fourth-order valence-electron chi connectivity index (χ4n) is 2.83. The summed E-state index contributed by atoms with van der Waals surface area (Å²) in [5, 5.41) is 6.64. The van der Waals surface area contributed by atoms with E-state index in [9.17, 15) is 0 Å². The van der Waals surface area contributed by atoms with Gasteiger partial charge in [0.05, 0.1) is 0 Å². The molecule has 152 valence electrons. The van der Waals surface area contributed by atoms with Gasteiger partial charge in [0.1, 0.15) is 18.2 Å². The van der Waals surface area contributed by atoms with Gasteiger partial charge in [0.15, 0.2) is 0 Å². The van der Waals surface area contributed by atoms with Crippen molar-refractivity contribution in [3.05, 3.63) is 71.9 Å². The predicted octanol–water partition coefficient (Wildman–Crippen LogP) is 4.47. The smallest absolute Gasteiger partial charge is 0.224 e. The van der Waals surface area contributed by atoms with Crippen LogP contribution in [0.3, 0.4) is 0 Å². The van der Waals surface area contributed by atoms with Crippen molar-refractivity contribution >= 4 is 17.5 Å². The largest absolute Gasteiger partial charge is 0.489 e. The summed E-state index contributed by atoms with van der Waals surface area (Å²) >= 11 is 0. The average molecular weight is 392 g/mol. The molecule has 0 aliphatic carbocycles. The van der Waals surface area contributed by atoms with Gasteiger partial charge in [0, 0.05) is 24.0 Å². The van der Waals surface area contributed by atoms with Crippen molar-refractivity contribution in [2.45, 2.75) is 20.0 Å². The quantitative estimate of drug-likeness (QED) is 0.497. The van der Waals surface area contributed by atoms with E-state index in [1.165, 1.54) is 0 Å².